The minimum Gasteiger partial charge on any atom is -0.454 e. The molecule has 0 radical (unpaired) electrons. The molecule has 0 saturated carbocycles. The highest BCUT2D eigenvalue weighted by Gasteiger charge is 2.36. The van der Waals surface area contributed by atoms with Gasteiger partial charge in [0.15, 0.2) is 15.8 Å². The highest BCUT2D eigenvalue weighted by atomic mass is 32.2. The number of ether oxygens (including phenoxy) is 2. The van der Waals surface area contributed by atoms with E-state index in [0.29, 0.717) is 22.7 Å². The van der Waals surface area contributed by atoms with Crippen molar-refractivity contribution in [2.24, 2.45) is 0 Å². The Labute approximate surface area is 235 Å². The van der Waals surface area contributed by atoms with E-state index < -0.39 is 17.6 Å². The Balaban J connectivity index is 1.26. The molecule has 1 fully saturated rings. The standard InChI is InChI=1S/C28H18F3N3O4S2/c29-28(30,31)17-4-3-5-19(11-17)34-26(36)24(40-27(34)39)10-16-13-33(21-7-2-1-6-20(16)21)14-25(35)32-18-8-9-22-23(12-18)38-15-37-22/h1-13H,14-15H2,(H,32,35)/b24-10+. The van der Waals surface area contributed by atoms with E-state index in [2.05, 4.69) is 5.32 Å². The zero-order chi connectivity index (χ0) is 28.0. The van der Waals surface area contributed by atoms with Gasteiger partial charge in [-0.25, -0.2) is 0 Å². The molecule has 2 aliphatic rings. The van der Waals surface area contributed by atoms with Crippen LogP contribution in [-0.4, -0.2) is 27.5 Å². The van der Waals surface area contributed by atoms with E-state index in [9.17, 15) is 22.8 Å². The van der Waals surface area contributed by atoms with Gasteiger partial charge < -0.3 is 19.4 Å². The zero-order valence-corrected chi connectivity index (χ0v) is 22.0. The summed E-state index contributed by atoms with van der Waals surface area (Å²) in [6.07, 6.45) is -1.16. The van der Waals surface area contributed by atoms with Crippen LogP contribution in [0.25, 0.3) is 17.0 Å². The van der Waals surface area contributed by atoms with Crippen molar-refractivity contribution >= 4 is 68.5 Å². The zero-order valence-electron chi connectivity index (χ0n) is 20.4. The third kappa shape index (κ3) is 4.91. The minimum atomic E-state index is -4.55. The first-order valence-corrected chi connectivity index (χ1v) is 13.1. The van der Waals surface area contributed by atoms with Crippen LogP contribution in [0.15, 0.2) is 77.8 Å². The van der Waals surface area contributed by atoms with Crippen molar-refractivity contribution in [1.29, 1.82) is 0 Å². The fourth-order valence-electron chi connectivity index (χ4n) is 4.50. The molecule has 4 aromatic rings. The van der Waals surface area contributed by atoms with Crippen LogP contribution in [0.4, 0.5) is 24.5 Å². The van der Waals surface area contributed by atoms with Crippen molar-refractivity contribution < 1.29 is 32.2 Å². The number of anilines is 2. The van der Waals surface area contributed by atoms with Gasteiger partial charge in [-0.15, -0.1) is 0 Å². The number of aromatic nitrogens is 1. The van der Waals surface area contributed by atoms with E-state index >= 15 is 0 Å². The van der Waals surface area contributed by atoms with Crippen LogP contribution in [0.1, 0.15) is 11.1 Å². The highest BCUT2D eigenvalue weighted by molar-refractivity contribution is 8.27. The first-order chi connectivity index (χ1) is 19.2. The maximum absolute atomic E-state index is 13.3. The van der Waals surface area contributed by atoms with Gasteiger partial charge in [0.05, 0.1) is 16.2 Å². The highest BCUT2D eigenvalue weighted by Crippen LogP contribution is 2.39. The summed E-state index contributed by atoms with van der Waals surface area (Å²) >= 11 is 6.36. The van der Waals surface area contributed by atoms with E-state index in [1.807, 2.05) is 24.3 Å². The number of alkyl halides is 3. The lowest BCUT2D eigenvalue weighted by atomic mass is 10.1. The average molecular weight is 582 g/mol. The van der Waals surface area contributed by atoms with Crippen molar-refractivity contribution in [3.05, 3.63) is 89.0 Å². The Kier molecular flexibility index (Phi) is 6.51. The van der Waals surface area contributed by atoms with Crippen LogP contribution in [0.3, 0.4) is 0 Å². The molecular weight excluding hydrogens is 563 g/mol. The summed E-state index contributed by atoms with van der Waals surface area (Å²) in [5.74, 6) is 0.361. The van der Waals surface area contributed by atoms with E-state index in [4.69, 9.17) is 21.7 Å². The monoisotopic (exact) mass is 581 g/mol. The number of para-hydroxylation sites is 1. The molecule has 0 aliphatic carbocycles. The van der Waals surface area contributed by atoms with Gasteiger partial charge >= 0.3 is 6.18 Å². The minimum absolute atomic E-state index is 0.00596. The van der Waals surface area contributed by atoms with Gasteiger partial charge in [0.1, 0.15) is 6.54 Å². The average Bonchev–Trinajstić information content (AvgIpc) is 3.60. The summed E-state index contributed by atoms with van der Waals surface area (Å²) in [7, 11) is 0. The summed E-state index contributed by atoms with van der Waals surface area (Å²) in [4.78, 5) is 27.5. The molecule has 1 aromatic heterocycles. The van der Waals surface area contributed by atoms with Gasteiger partial charge in [0.25, 0.3) is 5.91 Å². The van der Waals surface area contributed by atoms with Crippen molar-refractivity contribution in [3.63, 3.8) is 0 Å². The van der Waals surface area contributed by atoms with Gasteiger partial charge in [-0.05, 0) is 42.5 Å². The van der Waals surface area contributed by atoms with Gasteiger partial charge in [-0.2, -0.15) is 13.2 Å². The molecule has 7 nitrogen and oxygen atoms in total. The first-order valence-electron chi connectivity index (χ1n) is 11.9. The molecule has 3 heterocycles. The number of nitrogens with zero attached hydrogens (tertiary/aromatic N) is 2. The lowest BCUT2D eigenvalue weighted by Gasteiger charge is -2.16. The molecule has 40 heavy (non-hydrogen) atoms. The summed E-state index contributed by atoms with van der Waals surface area (Å²) in [5, 5.41) is 3.64. The van der Waals surface area contributed by atoms with Gasteiger partial charge in [0.2, 0.25) is 12.7 Å². The van der Waals surface area contributed by atoms with E-state index in [-0.39, 0.29) is 34.2 Å². The van der Waals surface area contributed by atoms with Gasteiger partial charge in [0, 0.05) is 34.4 Å². The smallest absolute Gasteiger partial charge is 0.416 e. The SMILES string of the molecule is O=C(Cn1cc(/C=C2/SC(=S)N(c3cccc(C(F)(F)F)c3)C2=O)c2ccccc21)Nc1ccc2c(c1)OCO2. The van der Waals surface area contributed by atoms with Crippen molar-refractivity contribution in [2.45, 2.75) is 12.7 Å². The Hall–Kier alpha value is -4.29. The summed E-state index contributed by atoms with van der Waals surface area (Å²) in [6, 6.07) is 17.0. The number of thioether (sulfide) groups is 1. The number of carbonyl (C=O) groups is 2. The first kappa shape index (κ1) is 26.0. The quantitative estimate of drug-likeness (QED) is 0.216. The molecule has 2 aliphatic heterocycles. The predicted molar refractivity (Wildman–Crippen MR) is 150 cm³/mol. The van der Waals surface area contributed by atoms with Crippen LogP contribution < -0.4 is 19.7 Å². The fraction of sp³-hybridized carbons (Fsp3) is 0.107. The number of rotatable bonds is 5. The van der Waals surface area contributed by atoms with Crippen LogP contribution in [0.5, 0.6) is 11.5 Å². The number of halogens is 3. The second-order valence-corrected chi connectivity index (χ2v) is 10.6. The number of benzene rings is 3. The molecule has 0 atom stereocenters. The number of thiocarbonyl (C=S) groups is 1. The van der Waals surface area contributed by atoms with Crippen LogP contribution in [0.2, 0.25) is 0 Å². The summed E-state index contributed by atoms with van der Waals surface area (Å²) < 4.78 is 52.2. The normalized spacial score (nSPS) is 15.9. The molecule has 3 aromatic carbocycles. The number of amides is 2. The molecule has 1 N–H and O–H groups in total. The van der Waals surface area contributed by atoms with Gasteiger partial charge in [-0.1, -0.05) is 48.2 Å². The summed E-state index contributed by atoms with van der Waals surface area (Å²) in [5.41, 5.74) is 1.16. The second kappa shape index (κ2) is 10.0. The number of hydrogen-bond acceptors (Lipinski definition) is 6. The van der Waals surface area contributed by atoms with Crippen LogP contribution >= 0.6 is 24.0 Å². The van der Waals surface area contributed by atoms with Crippen LogP contribution in [0, 0.1) is 0 Å². The maximum Gasteiger partial charge on any atom is 0.416 e. The number of hydrogen-bond donors (Lipinski definition) is 1. The van der Waals surface area contributed by atoms with Crippen molar-refractivity contribution in [2.75, 3.05) is 17.0 Å². The third-order valence-corrected chi connectivity index (χ3v) is 7.60. The number of fused-ring (bicyclic) bond motifs is 2. The molecule has 202 valence electrons. The maximum atomic E-state index is 13.3. The third-order valence-electron chi connectivity index (χ3n) is 6.30. The predicted octanol–water partition coefficient (Wildman–Crippen LogP) is 6.43. The lowest BCUT2D eigenvalue weighted by molar-refractivity contribution is -0.137. The Morgan fingerprint density at radius 1 is 1.05 bits per heavy atom. The molecule has 6 rings (SSSR count). The summed E-state index contributed by atoms with van der Waals surface area (Å²) in [6.45, 7) is 0.123. The van der Waals surface area contributed by atoms with Gasteiger partial charge in [-0.3, -0.25) is 14.5 Å². The topological polar surface area (TPSA) is 72.8 Å². The Morgan fingerprint density at radius 2 is 1.85 bits per heavy atom. The number of nitrogens with one attached hydrogen (secondary N) is 1. The molecule has 1 saturated heterocycles. The molecule has 12 heteroatoms. The molecular formula is C28H18F3N3O4S2. The molecule has 2 amide bonds. The lowest BCUT2D eigenvalue weighted by Crippen LogP contribution is -2.27. The molecule has 0 spiro atoms. The van der Waals surface area contributed by atoms with E-state index in [1.54, 1.807) is 35.0 Å². The van der Waals surface area contributed by atoms with Crippen molar-refractivity contribution in [3.8, 4) is 11.5 Å². The fourth-order valence-corrected chi connectivity index (χ4v) is 5.79. The molecule has 0 unspecified atom stereocenters. The second-order valence-electron chi connectivity index (χ2n) is 8.91. The van der Waals surface area contributed by atoms with Crippen molar-refractivity contribution in [1.82, 2.24) is 4.57 Å². The Bertz CT molecular complexity index is 1730. The largest absolute Gasteiger partial charge is 0.454 e. The van der Waals surface area contributed by atoms with E-state index in [0.717, 1.165) is 39.7 Å². The van der Waals surface area contributed by atoms with E-state index in [1.165, 1.54) is 12.1 Å². The number of carbonyl (C=O) groups excluding carboxylic acids is 2. The Morgan fingerprint density at radius 3 is 2.67 bits per heavy atom. The van der Waals surface area contributed by atoms with Crippen LogP contribution in [-0.2, 0) is 22.3 Å². The molecule has 0 bridgehead atoms.